The molecule has 0 saturated carbocycles. The molecule has 30 heavy (non-hydrogen) atoms. The molecule has 1 atom stereocenters. The number of rotatable bonds is 8. The topological polar surface area (TPSA) is 18.5 Å². The molecule has 2 nitrogen and oxygen atoms in total. The first-order valence-corrected chi connectivity index (χ1v) is 14.5. The predicted octanol–water partition coefficient (Wildman–Crippen LogP) is 8.63. The molecule has 0 spiro atoms. The lowest BCUT2D eigenvalue weighted by Gasteiger charge is -2.38. The Balaban J connectivity index is 1.96. The van der Waals surface area contributed by atoms with Crippen molar-refractivity contribution in [3.05, 3.63) is 47.1 Å². The number of allylic oxidation sites excluding steroid dienone is 4. The van der Waals surface area contributed by atoms with Crippen molar-refractivity contribution in [1.82, 2.24) is 0 Å². The van der Waals surface area contributed by atoms with E-state index in [1.54, 1.807) is 0 Å². The third kappa shape index (κ3) is 7.04. The summed E-state index contributed by atoms with van der Waals surface area (Å²) in [5, 5.41) is 0.204. The van der Waals surface area contributed by atoms with Gasteiger partial charge in [0, 0.05) is 0 Å². The van der Waals surface area contributed by atoms with E-state index in [-0.39, 0.29) is 10.6 Å². The van der Waals surface area contributed by atoms with Crippen LogP contribution in [0.3, 0.4) is 0 Å². The molecule has 0 aromatic heterocycles. The van der Waals surface area contributed by atoms with Crippen molar-refractivity contribution in [2.24, 2.45) is 0 Å². The largest absolute Gasteiger partial charge is 0.543 e. The summed E-state index contributed by atoms with van der Waals surface area (Å²) in [7, 11) is -1.81. The maximum atomic E-state index is 6.49. The van der Waals surface area contributed by atoms with Crippen molar-refractivity contribution < 1.29 is 9.16 Å². The monoisotopic (exact) mass is 428 g/mol. The van der Waals surface area contributed by atoms with E-state index in [4.69, 9.17) is 9.16 Å². The van der Waals surface area contributed by atoms with Crippen molar-refractivity contribution in [3.63, 3.8) is 0 Å². The van der Waals surface area contributed by atoms with Gasteiger partial charge in [0.2, 0.25) is 8.32 Å². The van der Waals surface area contributed by atoms with Crippen molar-refractivity contribution in [2.75, 3.05) is 0 Å². The van der Waals surface area contributed by atoms with Gasteiger partial charge in [0.1, 0.15) is 17.1 Å². The van der Waals surface area contributed by atoms with Gasteiger partial charge in [-0.3, -0.25) is 0 Å². The molecule has 1 aromatic rings. The molecule has 1 heterocycles. The Morgan fingerprint density at radius 1 is 1.13 bits per heavy atom. The standard InChI is InChI=1S/C27H44O2Si/c1-21(2)12-10-13-22(3)14-11-18-27(7)19-17-23-20-24(15-16-25(23)28-27)29-30(8,9)26(4,5)6/h12,14-16,20H,10-11,13,17-19H2,1-9H3/b22-14-. The molecule has 0 amide bonds. The first-order valence-electron chi connectivity index (χ1n) is 11.6. The second-order valence-electron chi connectivity index (χ2n) is 11.1. The van der Waals surface area contributed by atoms with Gasteiger partial charge in [0.05, 0.1) is 0 Å². The summed E-state index contributed by atoms with van der Waals surface area (Å²) in [6.45, 7) is 20.3. The van der Waals surface area contributed by atoms with Crippen molar-refractivity contribution >= 4 is 8.32 Å². The van der Waals surface area contributed by atoms with Crippen LogP contribution in [0, 0.1) is 0 Å². The minimum atomic E-state index is -1.81. The van der Waals surface area contributed by atoms with E-state index in [0.29, 0.717) is 0 Å². The average molecular weight is 429 g/mol. The van der Waals surface area contributed by atoms with E-state index in [1.165, 1.54) is 16.7 Å². The number of ether oxygens (including phenoxy) is 1. The number of fused-ring (bicyclic) bond motifs is 1. The van der Waals surface area contributed by atoms with Crippen LogP contribution in [0.15, 0.2) is 41.5 Å². The fourth-order valence-corrected chi connectivity index (χ4v) is 4.59. The maximum Gasteiger partial charge on any atom is 0.250 e. The van der Waals surface area contributed by atoms with Crippen LogP contribution >= 0.6 is 0 Å². The summed E-state index contributed by atoms with van der Waals surface area (Å²) in [5.74, 6) is 2.04. The Morgan fingerprint density at radius 2 is 1.83 bits per heavy atom. The van der Waals surface area contributed by atoms with Gasteiger partial charge in [-0.15, -0.1) is 0 Å². The highest BCUT2D eigenvalue weighted by molar-refractivity contribution is 6.74. The molecule has 0 aliphatic carbocycles. The normalized spacial score (nSPS) is 19.7. The van der Waals surface area contributed by atoms with Gasteiger partial charge in [-0.2, -0.15) is 0 Å². The zero-order chi connectivity index (χ0) is 22.6. The van der Waals surface area contributed by atoms with Gasteiger partial charge in [0.25, 0.3) is 0 Å². The Kier molecular flexibility index (Phi) is 8.07. The molecule has 0 bridgehead atoms. The van der Waals surface area contributed by atoms with Gasteiger partial charge < -0.3 is 9.16 Å². The quantitative estimate of drug-likeness (QED) is 0.305. The van der Waals surface area contributed by atoms with E-state index in [2.05, 4.69) is 91.9 Å². The summed E-state index contributed by atoms with van der Waals surface area (Å²) in [6, 6.07) is 6.43. The Labute approximate surface area is 186 Å². The van der Waals surface area contributed by atoms with Crippen molar-refractivity contribution in [2.45, 2.75) is 111 Å². The highest BCUT2D eigenvalue weighted by Gasteiger charge is 2.39. The van der Waals surface area contributed by atoms with Crippen LogP contribution in [-0.2, 0) is 6.42 Å². The average Bonchev–Trinajstić information content (AvgIpc) is 2.60. The van der Waals surface area contributed by atoms with Gasteiger partial charge in [-0.05, 0) is 108 Å². The second-order valence-corrected chi connectivity index (χ2v) is 15.8. The third-order valence-electron chi connectivity index (χ3n) is 6.75. The van der Waals surface area contributed by atoms with Crippen molar-refractivity contribution in [3.8, 4) is 11.5 Å². The van der Waals surface area contributed by atoms with Crippen LogP contribution in [0.1, 0.15) is 86.1 Å². The lowest BCUT2D eigenvalue weighted by Crippen LogP contribution is -2.44. The van der Waals surface area contributed by atoms with Gasteiger partial charge in [-0.1, -0.05) is 44.1 Å². The summed E-state index contributed by atoms with van der Waals surface area (Å²) in [4.78, 5) is 0. The Bertz CT molecular complexity index is 779. The SMILES string of the molecule is CC(C)=CCC/C(C)=C\CCC1(C)CCc2cc(O[Si](C)(C)C(C)(C)C)ccc2O1. The zero-order valence-corrected chi connectivity index (χ0v) is 21.9. The van der Waals surface area contributed by atoms with Crippen LogP contribution in [-0.4, -0.2) is 13.9 Å². The smallest absolute Gasteiger partial charge is 0.250 e. The molecule has 1 aliphatic rings. The fourth-order valence-electron chi connectivity index (χ4n) is 3.57. The lowest BCUT2D eigenvalue weighted by atomic mass is 9.88. The number of aryl methyl sites for hydroxylation is 1. The first-order chi connectivity index (χ1) is 13.8. The maximum absolute atomic E-state index is 6.49. The molecule has 168 valence electrons. The Morgan fingerprint density at radius 3 is 2.47 bits per heavy atom. The van der Waals surface area contributed by atoms with E-state index < -0.39 is 8.32 Å². The van der Waals surface area contributed by atoms with Crippen LogP contribution in [0.5, 0.6) is 11.5 Å². The molecule has 0 N–H and O–H groups in total. The zero-order valence-electron chi connectivity index (χ0n) is 20.9. The van der Waals surface area contributed by atoms with Crippen LogP contribution in [0.25, 0.3) is 0 Å². The summed E-state index contributed by atoms with van der Waals surface area (Å²) >= 11 is 0. The van der Waals surface area contributed by atoms with E-state index in [0.717, 1.165) is 50.0 Å². The van der Waals surface area contributed by atoms with Gasteiger partial charge >= 0.3 is 0 Å². The number of hydrogen-bond acceptors (Lipinski definition) is 2. The summed E-state index contributed by atoms with van der Waals surface area (Å²) in [5.41, 5.74) is 4.10. The van der Waals surface area contributed by atoms with Crippen LogP contribution < -0.4 is 9.16 Å². The van der Waals surface area contributed by atoms with Gasteiger partial charge in [-0.25, -0.2) is 0 Å². The van der Waals surface area contributed by atoms with E-state index in [1.807, 2.05) is 0 Å². The first kappa shape index (κ1) is 24.8. The van der Waals surface area contributed by atoms with Crippen LogP contribution in [0.2, 0.25) is 18.1 Å². The minimum absolute atomic E-state index is 0.0779. The number of hydrogen-bond donors (Lipinski definition) is 0. The molecule has 3 heteroatoms. The summed E-state index contributed by atoms with van der Waals surface area (Å²) < 4.78 is 13.0. The molecule has 0 saturated heterocycles. The molecule has 0 radical (unpaired) electrons. The predicted molar refractivity (Wildman–Crippen MR) is 133 cm³/mol. The van der Waals surface area contributed by atoms with Crippen molar-refractivity contribution in [1.29, 1.82) is 0 Å². The number of benzene rings is 1. The molecular formula is C27H44O2Si. The minimum Gasteiger partial charge on any atom is -0.543 e. The molecule has 0 fully saturated rings. The third-order valence-corrected chi connectivity index (χ3v) is 11.1. The second kappa shape index (κ2) is 9.76. The van der Waals surface area contributed by atoms with Gasteiger partial charge in [0.15, 0.2) is 0 Å². The molecule has 1 unspecified atom stereocenters. The van der Waals surface area contributed by atoms with Crippen LogP contribution in [0.4, 0.5) is 0 Å². The lowest BCUT2D eigenvalue weighted by molar-refractivity contribution is 0.0571. The van der Waals surface area contributed by atoms with E-state index >= 15 is 0 Å². The highest BCUT2D eigenvalue weighted by Crippen LogP contribution is 2.41. The molecular weight excluding hydrogens is 384 g/mol. The highest BCUT2D eigenvalue weighted by atomic mass is 28.4. The fraction of sp³-hybridized carbons (Fsp3) is 0.630. The van der Waals surface area contributed by atoms with E-state index in [9.17, 15) is 0 Å². The molecule has 1 aliphatic heterocycles. The Hall–Kier alpha value is -1.48. The summed E-state index contributed by atoms with van der Waals surface area (Å²) in [6.07, 6.45) is 11.3. The molecule has 1 aromatic carbocycles. The molecule has 2 rings (SSSR count).